The van der Waals surface area contributed by atoms with Crippen LogP contribution in [-0.2, 0) is 11.2 Å². The Morgan fingerprint density at radius 2 is 2.24 bits per heavy atom. The topological polar surface area (TPSA) is 125 Å². The number of likely N-dealkylation sites (tertiary alicyclic amines) is 1. The average Bonchev–Trinajstić information content (AvgIpc) is 2.54. The van der Waals surface area contributed by atoms with Crippen LogP contribution < -0.4 is 15.7 Å². The number of hydrogen-bond donors (Lipinski definition) is 4. The summed E-state index contributed by atoms with van der Waals surface area (Å²) >= 11 is 0. The van der Waals surface area contributed by atoms with Crippen LogP contribution in [-0.4, -0.2) is 65.6 Å². The SMILES string of the molecule is N[C@@H]1CCCN(CC(=O)NC2Cc3cccc(C(=O)O)c3OB2O)C1. The van der Waals surface area contributed by atoms with E-state index in [1.165, 1.54) is 6.07 Å². The molecule has 2 atom stereocenters. The summed E-state index contributed by atoms with van der Waals surface area (Å²) in [4.78, 5) is 25.5. The summed E-state index contributed by atoms with van der Waals surface area (Å²) in [5.41, 5.74) is 6.57. The summed E-state index contributed by atoms with van der Waals surface area (Å²) in [6.45, 7) is 1.73. The number of nitrogens with zero attached hydrogens (tertiary/aromatic N) is 1. The third kappa shape index (κ3) is 4.12. The van der Waals surface area contributed by atoms with Crippen molar-refractivity contribution < 1.29 is 24.4 Å². The van der Waals surface area contributed by atoms with Gasteiger partial charge >= 0.3 is 13.1 Å². The van der Waals surface area contributed by atoms with Crippen molar-refractivity contribution in [3.63, 3.8) is 0 Å². The van der Waals surface area contributed by atoms with Crippen molar-refractivity contribution in [1.29, 1.82) is 0 Å². The fourth-order valence-corrected chi connectivity index (χ4v) is 3.41. The molecule has 134 valence electrons. The highest BCUT2D eigenvalue weighted by molar-refractivity contribution is 6.47. The van der Waals surface area contributed by atoms with E-state index in [0.717, 1.165) is 19.4 Å². The minimum absolute atomic E-state index is 0.00336. The molecule has 0 bridgehead atoms. The van der Waals surface area contributed by atoms with Gasteiger partial charge in [-0.2, -0.15) is 0 Å². The second-order valence-corrected chi connectivity index (χ2v) is 6.62. The van der Waals surface area contributed by atoms with E-state index in [1.807, 2.05) is 4.90 Å². The van der Waals surface area contributed by atoms with Crippen molar-refractivity contribution >= 4 is 19.0 Å². The number of para-hydroxylation sites is 1. The van der Waals surface area contributed by atoms with Gasteiger partial charge in [0, 0.05) is 12.6 Å². The number of rotatable bonds is 4. The molecule has 1 amide bonds. The molecule has 0 saturated carbocycles. The maximum Gasteiger partial charge on any atom is 0.547 e. The number of piperidine rings is 1. The van der Waals surface area contributed by atoms with Gasteiger partial charge in [-0.25, -0.2) is 4.79 Å². The van der Waals surface area contributed by atoms with Gasteiger partial charge in [0.15, 0.2) is 0 Å². The minimum atomic E-state index is -1.29. The summed E-state index contributed by atoms with van der Waals surface area (Å²) in [6.07, 6.45) is 2.24. The standard InChI is InChI=1S/C16H22BN3O5/c18-11-4-2-6-20(8-11)9-14(21)19-13-7-10-3-1-5-12(16(22)23)15(10)25-17(13)24/h1,3,5,11,13,24H,2,4,6-9,18H2,(H,19,21)(H,22,23)/t11-,13?/m1/s1. The number of aromatic carboxylic acids is 1. The van der Waals surface area contributed by atoms with E-state index in [1.54, 1.807) is 12.1 Å². The molecule has 1 fully saturated rings. The van der Waals surface area contributed by atoms with Crippen molar-refractivity contribution in [3.8, 4) is 5.75 Å². The molecule has 25 heavy (non-hydrogen) atoms. The second kappa shape index (κ2) is 7.43. The molecule has 0 spiro atoms. The predicted molar refractivity (Wildman–Crippen MR) is 91.3 cm³/mol. The molecule has 1 aromatic carbocycles. The average molecular weight is 347 g/mol. The highest BCUT2D eigenvalue weighted by atomic mass is 16.5. The Morgan fingerprint density at radius 1 is 1.44 bits per heavy atom. The van der Waals surface area contributed by atoms with Gasteiger partial charge in [0.25, 0.3) is 0 Å². The first kappa shape index (κ1) is 17.7. The number of carboxylic acid groups (broad SMARTS) is 1. The molecule has 2 heterocycles. The molecular weight excluding hydrogens is 325 g/mol. The Morgan fingerprint density at radius 3 is 2.96 bits per heavy atom. The van der Waals surface area contributed by atoms with Crippen molar-refractivity contribution in [3.05, 3.63) is 29.3 Å². The lowest BCUT2D eigenvalue weighted by Crippen LogP contribution is -2.55. The Hall–Kier alpha value is -2.10. The number of nitrogens with one attached hydrogen (secondary N) is 1. The van der Waals surface area contributed by atoms with Crippen LogP contribution >= 0.6 is 0 Å². The van der Waals surface area contributed by atoms with Gasteiger partial charge < -0.3 is 25.8 Å². The summed E-state index contributed by atoms with van der Waals surface area (Å²) in [5.74, 6) is -1.79. The van der Waals surface area contributed by atoms with Crippen molar-refractivity contribution in [1.82, 2.24) is 10.2 Å². The van der Waals surface area contributed by atoms with Crippen LogP contribution in [0.1, 0.15) is 28.8 Å². The number of benzene rings is 1. The number of carbonyl (C=O) groups excluding carboxylic acids is 1. The monoisotopic (exact) mass is 347 g/mol. The number of carboxylic acids is 1. The van der Waals surface area contributed by atoms with Crippen LogP contribution in [0.4, 0.5) is 0 Å². The van der Waals surface area contributed by atoms with E-state index >= 15 is 0 Å². The second-order valence-electron chi connectivity index (χ2n) is 6.62. The zero-order valence-electron chi connectivity index (χ0n) is 13.9. The maximum atomic E-state index is 12.3. The molecular formula is C16H22BN3O5. The zero-order valence-corrected chi connectivity index (χ0v) is 13.9. The lowest BCUT2D eigenvalue weighted by molar-refractivity contribution is -0.122. The largest absolute Gasteiger partial charge is 0.547 e. The van der Waals surface area contributed by atoms with Crippen LogP contribution in [0.5, 0.6) is 5.75 Å². The number of hydrogen-bond acceptors (Lipinski definition) is 6. The Bertz CT molecular complexity index is 671. The van der Waals surface area contributed by atoms with Gasteiger partial charge in [-0.1, -0.05) is 12.1 Å². The zero-order chi connectivity index (χ0) is 18.0. The predicted octanol–water partition coefficient (Wildman–Crippen LogP) is -0.753. The third-order valence-electron chi connectivity index (χ3n) is 4.61. The highest BCUT2D eigenvalue weighted by Gasteiger charge is 2.37. The van der Waals surface area contributed by atoms with Crippen molar-refractivity contribution in [2.45, 2.75) is 31.2 Å². The van der Waals surface area contributed by atoms with Gasteiger partial charge in [-0.15, -0.1) is 0 Å². The molecule has 8 nitrogen and oxygen atoms in total. The van der Waals surface area contributed by atoms with E-state index in [-0.39, 0.29) is 29.8 Å². The minimum Gasteiger partial charge on any atom is -0.534 e. The van der Waals surface area contributed by atoms with Gasteiger partial charge in [-0.05, 0) is 37.4 Å². The first-order valence-corrected chi connectivity index (χ1v) is 8.41. The van der Waals surface area contributed by atoms with Crippen LogP contribution in [0.3, 0.4) is 0 Å². The van der Waals surface area contributed by atoms with Crippen LogP contribution in [0.25, 0.3) is 0 Å². The summed E-state index contributed by atoms with van der Waals surface area (Å²) in [6, 6.07) is 4.87. The van der Waals surface area contributed by atoms with E-state index < -0.39 is 19.0 Å². The van der Waals surface area contributed by atoms with Crippen molar-refractivity contribution in [2.75, 3.05) is 19.6 Å². The van der Waals surface area contributed by atoms with Gasteiger partial charge in [0.2, 0.25) is 5.91 Å². The number of amides is 1. The van der Waals surface area contributed by atoms with E-state index in [4.69, 9.17) is 10.4 Å². The van der Waals surface area contributed by atoms with E-state index in [9.17, 15) is 19.7 Å². The quantitative estimate of drug-likeness (QED) is 0.528. The Balaban J connectivity index is 1.63. The lowest BCUT2D eigenvalue weighted by atomic mass is 9.72. The summed E-state index contributed by atoms with van der Waals surface area (Å²) < 4.78 is 5.37. The first-order valence-electron chi connectivity index (χ1n) is 8.41. The third-order valence-corrected chi connectivity index (χ3v) is 4.61. The lowest BCUT2D eigenvalue weighted by Gasteiger charge is -2.32. The molecule has 1 aromatic rings. The molecule has 2 aliphatic heterocycles. The number of fused-ring (bicyclic) bond motifs is 1. The molecule has 3 rings (SSSR count). The summed E-state index contributed by atoms with van der Waals surface area (Å²) in [7, 11) is -1.29. The Labute approximate surface area is 146 Å². The van der Waals surface area contributed by atoms with Gasteiger partial charge in [0.05, 0.1) is 18.0 Å². The van der Waals surface area contributed by atoms with Crippen LogP contribution in [0, 0.1) is 0 Å². The fraction of sp³-hybridized carbons (Fsp3) is 0.500. The molecule has 0 aromatic heterocycles. The number of nitrogens with two attached hydrogens (primary N) is 1. The van der Waals surface area contributed by atoms with Crippen LogP contribution in [0.15, 0.2) is 18.2 Å². The molecule has 1 unspecified atom stereocenters. The van der Waals surface area contributed by atoms with E-state index in [2.05, 4.69) is 5.32 Å². The molecule has 5 N–H and O–H groups in total. The smallest absolute Gasteiger partial charge is 0.534 e. The highest BCUT2D eigenvalue weighted by Crippen LogP contribution is 2.30. The van der Waals surface area contributed by atoms with Gasteiger partial charge in [0.1, 0.15) is 5.75 Å². The molecule has 1 saturated heterocycles. The molecule has 0 aliphatic carbocycles. The molecule has 0 radical (unpaired) electrons. The molecule has 2 aliphatic rings. The molecule has 9 heteroatoms. The van der Waals surface area contributed by atoms with Gasteiger partial charge in [-0.3, -0.25) is 9.69 Å². The first-order chi connectivity index (χ1) is 11.9. The normalized spacial score (nSPS) is 23.5. The summed E-state index contributed by atoms with van der Waals surface area (Å²) in [5, 5.41) is 22.1. The maximum absolute atomic E-state index is 12.3. The van der Waals surface area contributed by atoms with Crippen molar-refractivity contribution in [2.24, 2.45) is 5.73 Å². The fourth-order valence-electron chi connectivity index (χ4n) is 3.41. The Kier molecular flexibility index (Phi) is 5.26. The number of carbonyl (C=O) groups is 2. The van der Waals surface area contributed by atoms with E-state index in [0.29, 0.717) is 18.5 Å². The van der Waals surface area contributed by atoms with Crippen LogP contribution in [0.2, 0.25) is 0 Å².